The lowest BCUT2D eigenvalue weighted by molar-refractivity contribution is -0.122. The number of nitrogens with zero attached hydrogens (tertiary/aromatic N) is 1. The van der Waals surface area contributed by atoms with Crippen LogP contribution in [0.1, 0.15) is 57.7 Å². The van der Waals surface area contributed by atoms with Crippen LogP contribution in [0.2, 0.25) is 0 Å². The van der Waals surface area contributed by atoms with Crippen LogP contribution in [0.5, 0.6) is 0 Å². The minimum absolute atomic E-state index is 0.0731. The minimum atomic E-state index is 0.0731. The van der Waals surface area contributed by atoms with Gasteiger partial charge in [-0.2, -0.15) is 0 Å². The smallest absolute Gasteiger partial charge is 0.227 e. The van der Waals surface area contributed by atoms with Gasteiger partial charge < -0.3 is 5.32 Å². The van der Waals surface area contributed by atoms with Crippen molar-refractivity contribution < 1.29 is 4.79 Å². The second-order valence-electron chi connectivity index (χ2n) is 7.72. The van der Waals surface area contributed by atoms with Gasteiger partial charge in [-0.25, -0.2) is 4.98 Å². The number of aromatic nitrogens is 1. The summed E-state index contributed by atoms with van der Waals surface area (Å²) < 4.78 is 0. The first kappa shape index (κ1) is 16.8. The molecule has 1 N–H and O–H groups in total. The molecular weight excluding hydrogens is 304 g/mol. The summed E-state index contributed by atoms with van der Waals surface area (Å²) in [6.45, 7) is 9.17. The van der Waals surface area contributed by atoms with Gasteiger partial charge >= 0.3 is 0 Å². The standard InChI is InChI=1S/C16H25ClN2OS/c1-15(2)6-11(7-16(3,4)10-15)18-13(20)5-14-19-12(8-17)9-21-14/h9,11H,5-8,10H2,1-4H3,(H,18,20). The quantitative estimate of drug-likeness (QED) is 0.844. The number of rotatable bonds is 4. The van der Waals surface area contributed by atoms with E-state index in [9.17, 15) is 4.79 Å². The van der Waals surface area contributed by atoms with E-state index in [-0.39, 0.29) is 22.8 Å². The first-order valence-electron chi connectivity index (χ1n) is 7.48. The summed E-state index contributed by atoms with van der Waals surface area (Å²) in [5.41, 5.74) is 1.42. The van der Waals surface area contributed by atoms with Crippen molar-refractivity contribution >= 4 is 28.8 Å². The van der Waals surface area contributed by atoms with Crippen LogP contribution in [-0.4, -0.2) is 16.9 Å². The highest BCUT2D eigenvalue weighted by atomic mass is 35.5. The van der Waals surface area contributed by atoms with E-state index in [1.54, 1.807) is 0 Å². The molecule has 118 valence electrons. The second-order valence-corrected chi connectivity index (χ2v) is 8.93. The van der Waals surface area contributed by atoms with Crippen LogP contribution < -0.4 is 5.32 Å². The highest BCUT2D eigenvalue weighted by Crippen LogP contribution is 2.45. The number of nitrogens with one attached hydrogen (secondary N) is 1. The second kappa shape index (κ2) is 6.25. The van der Waals surface area contributed by atoms with Crippen molar-refractivity contribution in [3.8, 4) is 0 Å². The van der Waals surface area contributed by atoms with Crippen LogP contribution in [0.4, 0.5) is 0 Å². The Balaban J connectivity index is 1.92. The lowest BCUT2D eigenvalue weighted by atomic mass is 9.63. The molecule has 0 aliphatic heterocycles. The lowest BCUT2D eigenvalue weighted by Crippen LogP contribution is -2.46. The van der Waals surface area contributed by atoms with Gasteiger partial charge in [0.1, 0.15) is 5.01 Å². The highest BCUT2D eigenvalue weighted by Gasteiger charge is 2.38. The zero-order chi connectivity index (χ0) is 15.7. The summed E-state index contributed by atoms with van der Waals surface area (Å²) in [5.74, 6) is 0.479. The molecule has 2 rings (SSSR count). The van der Waals surface area contributed by atoms with Crippen molar-refractivity contribution in [3.63, 3.8) is 0 Å². The predicted octanol–water partition coefficient (Wildman–Crippen LogP) is 4.15. The molecule has 1 amide bonds. The van der Waals surface area contributed by atoms with E-state index in [2.05, 4.69) is 38.0 Å². The van der Waals surface area contributed by atoms with Crippen LogP contribution >= 0.6 is 22.9 Å². The maximum absolute atomic E-state index is 12.2. The Morgan fingerprint density at radius 2 is 2.00 bits per heavy atom. The van der Waals surface area contributed by atoms with Gasteiger partial charge in [0.2, 0.25) is 5.91 Å². The molecule has 0 bridgehead atoms. The number of halogens is 1. The Morgan fingerprint density at radius 1 is 1.38 bits per heavy atom. The number of alkyl halides is 1. The van der Waals surface area contributed by atoms with Crippen LogP contribution in [0.15, 0.2) is 5.38 Å². The van der Waals surface area contributed by atoms with Gasteiger partial charge in [0, 0.05) is 11.4 Å². The highest BCUT2D eigenvalue weighted by molar-refractivity contribution is 7.09. The number of carbonyl (C=O) groups is 1. The molecule has 1 heterocycles. The van der Waals surface area contributed by atoms with E-state index >= 15 is 0 Å². The van der Waals surface area contributed by atoms with Crippen molar-refractivity contribution in [1.82, 2.24) is 10.3 Å². The van der Waals surface area contributed by atoms with Gasteiger partial charge in [-0.1, -0.05) is 27.7 Å². The number of hydrogen-bond donors (Lipinski definition) is 1. The molecule has 0 unspecified atom stereocenters. The van der Waals surface area contributed by atoms with Gasteiger partial charge in [-0.3, -0.25) is 4.79 Å². The van der Waals surface area contributed by atoms with Crippen molar-refractivity contribution in [2.24, 2.45) is 10.8 Å². The Morgan fingerprint density at radius 3 is 2.52 bits per heavy atom. The third-order valence-electron chi connectivity index (χ3n) is 3.97. The third kappa shape index (κ3) is 4.96. The van der Waals surface area contributed by atoms with Crippen molar-refractivity contribution in [2.75, 3.05) is 0 Å². The monoisotopic (exact) mass is 328 g/mol. The minimum Gasteiger partial charge on any atom is -0.353 e. The fourth-order valence-electron chi connectivity index (χ4n) is 3.86. The van der Waals surface area contributed by atoms with E-state index < -0.39 is 0 Å². The molecule has 1 aromatic heterocycles. The molecule has 21 heavy (non-hydrogen) atoms. The van der Waals surface area contributed by atoms with Crippen molar-refractivity contribution in [1.29, 1.82) is 0 Å². The van der Waals surface area contributed by atoms with Gasteiger partial charge in [0.15, 0.2) is 0 Å². The van der Waals surface area contributed by atoms with Gasteiger partial charge in [-0.15, -0.1) is 22.9 Å². The van der Waals surface area contributed by atoms with E-state index in [4.69, 9.17) is 11.6 Å². The summed E-state index contributed by atoms with van der Waals surface area (Å²) in [7, 11) is 0. The van der Waals surface area contributed by atoms with Crippen molar-refractivity contribution in [3.05, 3.63) is 16.1 Å². The summed E-state index contributed by atoms with van der Waals surface area (Å²) in [6, 6.07) is 0.267. The molecular formula is C16H25ClN2OS. The fourth-order valence-corrected chi connectivity index (χ4v) is 4.88. The Labute approximate surface area is 136 Å². The number of thiazole rings is 1. The number of amides is 1. The Kier molecular flexibility index (Phi) is 4.99. The van der Waals surface area contributed by atoms with Crippen LogP contribution in [0, 0.1) is 10.8 Å². The molecule has 0 saturated heterocycles. The molecule has 1 fully saturated rings. The average Bonchev–Trinajstić information content (AvgIpc) is 2.71. The summed E-state index contributed by atoms with van der Waals surface area (Å²) >= 11 is 7.25. The lowest BCUT2D eigenvalue weighted by Gasteiger charge is -2.45. The largest absolute Gasteiger partial charge is 0.353 e. The Hall–Kier alpha value is -0.610. The third-order valence-corrected chi connectivity index (χ3v) is 5.14. The maximum Gasteiger partial charge on any atom is 0.227 e. The maximum atomic E-state index is 12.2. The van der Waals surface area contributed by atoms with Crippen LogP contribution in [0.25, 0.3) is 0 Å². The summed E-state index contributed by atoms with van der Waals surface area (Å²) in [4.78, 5) is 16.6. The summed E-state index contributed by atoms with van der Waals surface area (Å²) in [6.07, 6.45) is 3.66. The molecule has 0 radical (unpaired) electrons. The van der Waals surface area contributed by atoms with E-state index in [0.29, 0.717) is 12.3 Å². The molecule has 3 nitrogen and oxygen atoms in total. The van der Waals surface area contributed by atoms with Crippen LogP contribution in [-0.2, 0) is 17.1 Å². The molecule has 0 atom stereocenters. The van der Waals surface area contributed by atoms with E-state index in [1.165, 1.54) is 17.8 Å². The zero-order valence-corrected chi connectivity index (χ0v) is 14.9. The molecule has 1 aliphatic carbocycles. The predicted molar refractivity (Wildman–Crippen MR) is 88.7 cm³/mol. The number of hydrogen-bond acceptors (Lipinski definition) is 3. The van der Waals surface area contributed by atoms with Gasteiger partial charge in [0.25, 0.3) is 0 Å². The number of carbonyl (C=O) groups excluding carboxylic acids is 1. The first-order chi connectivity index (χ1) is 9.69. The fraction of sp³-hybridized carbons (Fsp3) is 0.750. The van der Waals surface area contributed by atoms with Crippen LogP contribution in [0.3, 0.4) is 0 Å². The molecule has 0 spiro atoms. The SMILES string of the molecule is CC1(C)CC(NC(=O)Cc2nc(CCl)cs2)CC(C)(C)C1. The van der Waals surface area contributed by atoms with E-state index in [1.807, 2.05) is 5.38 Å². The normalized spacial score (nSPS) is 21.2. The molecule has 1 saturated carbocycles. The Bertz CT molecular complexity index is 494. The van der Waals surface area contributed by atoms with Crippen molar-refractivity contribution in [2.45, 2.75) is 65.3 Å². The zero-order valence-electron chi connectivity index (χ0n) is 13.3. The summed E-state index contributed by atoms with van der Waals surface area (Å²) in [5, 5.41) is 5.96. The van der Waals surface area contributed by atoms with E-state index in [0.717, 1.165) is 23.5 Å². The topological polar surface area (TPSA) is 42.0 Å². The molecule has 1 aliphatic rings. The molecule has 1 aromatic rings. The first-order valence-corrected chi connectivity index (χ1v) is 8.89. The molecule has 5 heteroatoms. The van der Waals surface area contributed by atoms with Gasteiger partial charge in [-0.05, 0) is 30.1 Å². The average molecular weight is 329 g/mol. The molecule has 0 aromatic carbocycles. The van der Waals surface area contributed by atoms with Gasteiger partial charge in [0.05, 0.1) is 18.0 Å².